The van der Waals surface area contributed by atoms with E-state index in [1.54, 1.807) is 0 Å². The van der Waals surface area contributed by atoms with Gasteiger partial charge < -0.3 is 26.7 Å². The lowest BCUT2D eigenvalue weighted by Gasteiger charge is -2.22. The lowest BCUT2D eigenvalue weighted by atomic mass is 10.0. The quantitative estimate of drug-likeness (QED) is 0.231. The molecule has 1 saturated heterocycles. The van der Waals surface area contributed by atoms with Crippen molar-refractivity contribution >= 4 is 51.0 Å². The fraction of sp³-hybridized carbons (Fsp3) is 0.192. The van der Waals surface area contributed by atoms with Crippen LogP contribution in [0.4, 0.5) is 23.4 Å². The van der Waals surface area contributed by atoms with Crippen LogP contribution in [0.3, 0.4) is 0 Å². The Morgan fingerprint density at radius 3 is 2.69 bits per heavy atom. The zero-order valence-electron chi connectivity index (χ0n) is 19.6. The Morgan fingerprint density at radius 1 is 1.00 bits per heavy atom. The lowest BCUT2D eigenvalue weighted by molar-refractivity contribution is 0.921. The number of anilines is 4. The molecule has 2 aromatic carbocycles. The molecule has 36 heavy (non-hydrogen) atoms. The first-order chi connectivity index (χ1) is 17.6. The van der Waals surface area contributed by atoms with E-state index in [1.165, 1.54) is 6.33 Å². The van der Waals surface area contributed by atoms with E-state index >= 15 is 0 Å². The van der Waals surface area contributed by atoms with Crippen molar-refractivity contribution in [3.63, 3.8) is 0 Å². The summed E-state index contributed by atoms with van der Waals surface area (Å²) in [6, 6.07) is 15.8. The molecular weight excluding hydrogens is 452 g/mol. The molecule has 10 nitrogen and oxygen atoms in total. The monoisotopic (exact) mass is 478 g/mol. The number of nitrogens with one attached hydrogen (secondary N) is 3. The molecule has 0 unspecified atom stereocenters. The first-order valence-electron chi connectivity index (χ1n) is 11.9. The Balaban J connectivity index is 1.34. The van der Waals surface area contributed by atoms with E-state index in [2.05, 4.69) is 42.3 Å². The Bertz CT molecular complexity index is 1600. The Labute approximate surface area is 207 Å². The van der Waals surface area contributed by atoms with Crippen molar-refractivity contribution in [1.82, 2.24) is 24.9 Å². The maximum absolute atomic E-state index is 8.92. The van der Waals surface area contributed by atoms with Crippen molar-refractivity contribution in [1.29, 1.82) is 5.41 Å². The van der Waals surface area contributed by atoms with Crippen LogP contribution in [0.15, 0.2) is 54.9 Å². The number of imidazole rings is 1. The highest BCUT2D eigenvalue weighted by atomic mass is 15.2. The Morgan fingerprint density at radius 2 is 1.83 bits per heavy atom. The van der Waals surface area contributed by atoms with Crippen LogP contribution in [0, 0.1) is 5.41 Å². The van der Waals surface area contributed by atoms with E-state index in [4.69, 9.17) is 21.9 Å². The summed E-state index contributed by atoms with van der Waals surface area (Å²) in [4.78, 5) is 23.2. The molecule has 0 amide bonds. The molecule has 1 aliphatic heterocycles. The zero-order chi connectivity index (χ0) is 24.6. The van der Waals surface area contributed by atoms with Crippen molar-refractivity contribution in [2.45, 2.75) is 19.4 Å². The summed E-state index contributed by atoms with van der Waals surface area (Å²) in [5.41, 5.74) is 16.9. The standard InChI is InChI=1S/C26H26N10/c27-22(16-7-8-19-20(12-16)35-26(29)34-19)21-23(28)31-14-32-24(21)30-13-17-11-15-5-1-2-6-18(15)33-25(17)36-9-3-4-10-36/h1-2,5-8,11-12,14,27H,3-4,9-10,13H2,(H3,29,34,35)(H3,28,30,31,32). The van der Waals surface area contributed by atoms with E-state index in [0.29, 0.717) is 29.4 Å². The predicted octanol–water partition coefficient (Wildman–Crippen LogP) is 3.69. The highest BCUT2D eigenvalue weighted by Gasteiger charge is 2.20. The van der Waals surface area contributed by atoms with Crippen molar-refractivity contribution in [3.8, 4) is 0 Å². The van der Waals surface area contributed by atoms with Crippen LogP contribution in [0.25, 0.3) is 21.9 Å². The van der Waals surface area contributed by atoms with E-state index < -0.39 is 0 Å². The molecule has 1 fully saturated rings. The molecule has 0 spiro atoms. The zero-order valence-corrected chi connectivity index (χ0v) is 19.6. The largest absolute Gasteiger partial charge is 0.383 e. The highest BCUT2D eigenvalue weighted by molar-refractivity contribution is 6.17. The van der Waals surface area contributed by atoms with Gasteiger partial charge in [0.05, 0.1) is 27.8 Å². The maximum Gasteiger partial charge on any atom is 0.198 e. The molecule has 180 valence electrons. The summed E-state index contributed by atoms with van der Waals surface area (Å²) >= 11 is 0. The van der Waals surface area contributed by atoms with Gasteiger partial charge in [0.1, 0.15) is 23.8 Å². The number of pyridine rings is 1. The number of H-pyrrole nitrogens is 1. The van der Waals surface area contributed by atoms with Gasteiger partial charge in [-0.1, -0.05) is 24.3 Å². The molecule has 3 aromatic heterocycles. The summed E-state index contributed by atoms with van der Waals surface area (Å²) < 4.78 is 0. The summed E-state index contributed by atoms with van der Waals surface area (Å²) in [5, 5.41) is 13.4. The molecule has 6 rings (SSSR count). The predicted molar refractivity (Wildman–Crippen MR) is 143 cm³/mol. The minimum atomic E-state index is 0.210. The van der Waals surface area contributed by atoms with Gasteiger partial charge in [0.15, 0.2) is 5.95 Å². The van der Waals surface area contributed by atoms with Gasteiger partial charge in [-0.05, 0) is 37.1 Å². The van der Waals surface area contributed by atoms with Crippen molar-refractivity contribution in [2.75, 3.05) is 34.8 Å². The van der Waals surface area contributed by atoms with Gasteiger partial charge in [-0.25, -0.2) is 19.9 Å². The number of hydrogen-bond acceptors (Lipinski definition) is 9. The number of para-hydroxylation sites is 1. The molecule has 0 radical (unpaired) electrons. The number of aromatic nitrogens is 5. The van der Waals surface area contributed by atoms with Gasteiger partial charge in [0.25, 0.3) is 0 Å². The van der Waals surface area contributed by atoms with Gasteiger partial charge in [-0.15, -0.1) is 0 Å². The number of hydrogen-bond donors (Lipinski definition) is 5. The molecule has 4 heterocycles. The summed E-state index contributed by atoms with van der Waals surface area (Å²) in [5.74, 6) is 2.05. The fourth-order valence-corrected chi connectivity index (χ4v) is 4.77. The smallest absolute Gasteiger partial charge is 0.198 e. The second-order valence-electron chi connectivity index (χ2n) is 8.92. The molecule has 7 N–H and O–H groups in total. The van der Waals surface area contributed by atoms with Gasteiger partial charge in [0.2, 0.25) is 0 Å². The fourth-order valence-electron chi connectivity index (χ4n) is 4.77. The Hall–Kier alpha value is -4.73. The number of rotatable bonds is 6. The lowest BCUT2D eigenvalue weighted by Crippen LogP contribution is -2.22. The third-order valence-corrected chi connectivity index (χ3v) is 6.55. The molecule has 0 atom stereocenters. The van der Waals surface area contributed by atoms with Crippen LogP contribution >= 0.6 is 0 Å². The first kappa shape index (κ1) is 21.8. The topological polar surface area (TPSA) is 159 Å². The van der Waals surface area contributed by atoms with E-state index in [0.717, 1.165) is 59.2 Å². The van der Waals surface area contributed by atoms with Gasteiger partial charge in [0, 0.05) is 36.1 Å². The number of nitrogens with zero attached hydrogens (tertiary/aromatic N) is 5. The first-order valence-corrected chi connectivity index (χ1v) is 11.9. The molecule has 5 aromatic rings. The van der Waals surface area contributed by atoms with Gasteiger partial charge >= 0.3 is 0 Å². The third kappa shape index (κ3) is 3.92. The van der Waals surface area contributed by atoms with E-state index in [-0.39, 0.29) is 11.5 Å². The molecule has 1 aliphatic rings. The molecule has 0 saturated carbocycles. The van der Waals surface area contributed by atoms with Gasteiger partial charge in [-0.2, -0.15) is 0 Å². The second kappa shape index (κ2) is 8.81. The van der Waals surface area contributed by atoms with Crippen LogP contribution in [0.5, 0.6) is 0 Å². The average Bonchev–Trinajstić information content (AvgIpc) is 3.55. The summed E-state index contributed by atoms with van der Waals surface area (Å²) in [6.07, 6.45) is 3.74. The van der Waals surface area contributed by atoms with Crippen molar-refractivity contribution in [2.24, 2.45) is 0 Å². The number of fused-ring (bicyclic) bond motifs is 2. The Kier molecular flexibility index (Phi) is 5.33. The molecule has 0 bridgehead atoms. The maximum atomic E-state index is 8.92. The SMILES string of the molecule is N=C(c1ccc2nc(N)[nH]c2c1)c1c(N)ncnc1NCc1cc2ccccc2nc1N1CCCC1. The third-order valence-electron chi connectivity index (χ3n) is 6.55. The van der Waals surface area contributed by atoms with Crippen molar-refractivity contribution < 1.29 is 0 Å². The summed E-state index contributed by atoms with van der Waals surface area (Å²) in [7, 11) is 0. The van der Waals surface area contributed by atoms with Crippen LogP contribution in [0.2, 0.25) is 0 Å². The number of aromatic amines is 1. The average molecular weight is 479 g/mol. The molecule has 10 heteroatoms. The second-order valence-corrected chi connectivity index (χ2v) is 8.92. The normalized spacial score (nSPS) is 13.5. The van der Waals surface area contributed by atoms with Crippen LogP contribution in [-0.2, 0) is 6.54 Å². The van der Waals surface area contributed by atoms with Gasteiger partial charge in [-0.3, -0.25) is 5.41 Å². The van der Waals surface area contributed by atoms with E-state index in [9.17, 15) is 0 Å². The highest BCUT2D eigenvalue weighted by Crippen LogP contribution is 2.29. The van der Waals surface area contributed by atoms with Crippen LogP contribution in [-0.4, -0.2) is 43.7 Å². The summed E-state index contributed by atoms with van der Waals surface area (Å²) in [6.45, 7) is 2.47. The molecular formula is C26H26N10. The van der Waals surface area contributed by atoms with Crippen LogP contribution < -0.4 is 21.7 Å². The minimum Gasteiger partial charge on any atom is -0.383 e. The number of nitrogens with two attached hydrogens (primary N) is 2. The minimum absolute atomic E-state index is 0.210. The van der Waals surface area contributed by atoms with E-state index in [1.807, 2.05) is 36.4 Å². The number of nitrogen functional groups attached to an aromatic ring is 2. The molecule has 0 aliphatic carbocycles. The van der Waals surface area contributed by atoms with Crippen molar-refractivity contribution in [3.05, 3.63) is 71.5 Å². The van der Waals surface area contributed by atoms with Crippen LogP contribution in [0.1, 0.15) is 29.5 Å². The number of benzene rings is 2.